The molecule has 0 aromatic heterocycles. The average molecular weight is 264 g/mol. The van der Waals surface area contributed by atoms with E-state index in [1.54, 1.807) is 19.2 Å². The number of carbonyl (C=O) groups is 1. The number of methoxy groups -OCH3 is 1. The van der Waals surface area contributed by atoms with E-state index in [1.807, 2.05) is 19.9 Å². The van der Waals surface area contributed by atoms with Crippen molar-refractivity contribution >= 4 is 5.78 Å². The average Bonchev–Trinajstić information content (AvgIpc) is 2.32. The van der Waals surface area contributed by atoms with Gasteiger partial charge in [-0.15, -0.1) is 0 Å². The van der Waals surface area contributed by atoms with Crippen molar-refractivity contribution in [2.45, 2.75) is 32.3 Å². The van der Waals surface area contributed by atoms with E-state index < -0.39 is 5.60 Å². The lowest BCUT2D eigenvalue weighted by Gasteiger charge is -2.31. The maximum absolute atomic E-state index is 12.0. The highest BCUT2D eigenvalue weighted by atomic mass is 16.5. The topological polar surface area (TPSA) is 44.8 Å². The second-order valence-corrected chi connectivity index (χ2v) is 5.31. The molecule has 0 bridgehead atoms. The number of ketones is 1. The highest BCUT2D eigenvalue weighted by molar-refractivity contribution is 6.00. The summed E-state index contributed by atoms with van der Waals surface area (Å²) in [4.78, 5) is 12.0. The molecule has 4 nitrogen and oxygen atoms in total. The van der Waals surface area contributed by atoms with Crippen LogP contribution >= 0.6 is 0 Å². The Hall–Kier alpha value is -1.55. The zero-order chi connectivity index (χ0) is 13.9. The van der Waals surface area contributed by atoms with Crippen LogP contribution in [0, 0.1) is 0 Å². The maximum atomic E-state index is 12.0. The van der Waals surface area contributed by atoms with Gasteiger partial charge in [-0.05, 0) is 26.0 Å². The Morgan fingerprint density at radius 2 is 2.11 bits per heavy atom. The van der Waals surface area contributed by atoms with Gasteiger partial charge in [0.15, 0.2) is 5.78 Å². The van der Waals surface area contributed by atoms with E-state index in [-0.39, 0.29) is 5.78 Å². The van der Waals surface area contributed by atoms with Crippen LogP contribution in [-0.2, 0) is 4.74 Å². The highest BCUT2D eigenvalue weighted by Gasteiger charge is 2.32. The third-order valence-corrected chi connectivity index (χ3v) is 2.99. The fraction of sp³-hybridized carbons (Fsp3) is 0.533. The van der Waals surface area contributed by atoms with Crippen molar-refractivity contribution in [1.82, 2.24) is 0 Å². The lowest BCUT2D eigenvalue weighted by atomic mass is 9.93. The molecule has 1 heterocycles. The molecule has 0 saturated heterocycles. The van der Waals surface area contributed by atoms with Gasteiger partial charge in [0, 0.05) is 26.2 Å². The second-order valence-electron chi connectivity index (χ2n) is 5.31. The summed E-state index contributed by atoms with van der Waals surface area (Å²) in [6.45, 7) is 5.09. The van der Waals surface area contributed by atoms with Gasteiger partial charge >= 0.3 is 0 Å². The number of hydrogen-bond acceptors (Lipinski definition) is 4. The lowest BCUT2D eigenvalue weighted by Crippen LogP contribution is -2.35. The molecule has 0 atom stereocenters. The third kappa shape index (κ3) is 3.47. The number of benzene rings is 1. The summed E-state index contributed by atoms with van der Waals surface area (Å²) in [7, 11) is 1.67. The summed E-state index contributed by atoms with van der Waals surface area (Å²) in [5, 5.41) is 0. The first-order chi connectivity index (χ1) is 9.02. The van der Waals surface area contributed by atoms with Crippen molar-refractivity contribution in [1.29, 1.82) is 0 Å². The van der Waals surface area contributed by atoms with Crippen molar-refractivity contribution in [3.05, 3.63) is 23.8 Å². The lowest BCUT2D eigenvalue weighted by molar-refractivity contribution is 0.0618. The van der Waals surface area contributed by atoms with Crippen LogP contribution in [0.15, 0.2) is 18.2 Å². The Balaban J connectivity index is 2.08. The molecular formula is C15H20O4. The number of fused-ring (bicyclic) bond motifs is 1. The zero-order valence-electron chi connectivity index (χ0n) is 11.7. The first-order valence-corrected chi connectivity index (χ1v) is 6.50. The van der Waals surface area contributed by atoms with Gasteiger partial charge in [-0.2, -0.15) is 0 Å². The molecule has 2 rings (SSSR count). The highest BCUT2D eigenvalue weighted by Crippen LogP contribution is 2.35. The molecule has 1 aromatic rings. The van der Waals surface area contributed by atoms with Crippen LogP contribution in [0.2, 0.25) is 0 Å². The molecule has 0 aliphatic carbocycles. The van der Waals surface area contributed by atoms with Crippen LogP contribution in [0.4, 0.5) is 0 Å². The molecule has 0 fully saturated rings. The summed E-state index contributed by atoms with van der Waals surface area (Å²) in [6.07, 6.45) is 1.24. The van der Waals surface area contributed by atoms with Gasteiger partial charge in [0.2, 0.25) is 0 Å². The normalized spacial score (nSPS) is 16.7. The number of carbonyl (C=O) groups excluding carboxylic acids is 1. The van der Waals surface area contributed by atoms with E-state index in [9.17, 15) is 4.79 Å². The Bertz CT molecular complexity index is 465. The summed E-state index contributed by atoms with van der Waals surface area (Å²) in [5.74, 6) is 1.46. The summed E-state index contributed by atoms with van der Waals surface area (Å²) >= 11 is 0. The van der Waals surface area contributed by atoms with Gasteiger partial charge in [0.05, 0.1) is 18.6 Å². The van der Waals surface area contributed by atoms with Crippen LogP contribution in [0.3, 0.4) is 0 Å². The van der Waals surface area contributed by atoms with Crippen LogP contribution in [0.1, 0.15) is 37.0 Å². The monoisotopic (exact) mass is 264 g/mol. The van der Waals surface area contributed by atoms with Crippen LogP contribution in [0.25, 0.3) is 0 Å². The largest absolute Gasteiger partial charge is 0.493 e. The van der Waals surface area contributed by atoms with Crippen LogP contribution in [-0.4, -0.2) is 31.7 Å². The van der Waals surface area contributed by atoms with Gasteiger partial charge in [0.1, 0.15) is 17.1 Å². The molecule has 1 aromatic carbocycles. The number of rotatable bonds is 5. The molecule has 0 unspecified atom stereocenters. The standard InChI is InChI=1S/C15H20O4/c1-15(2)10-13(16)12-6-5-11(9-14(12)19-15)18-8-4-7-17-3/h5-6,9H,4,7-8,10H2,1-3H3. The Morgan fingerprint density at radius 3 is 2.84 bits per heavy atom. The van der Waals surface area contributed by atoms with Crippen LogP contribution < -0.4 is 9.47 Å². The van der Waals surface area contributed by atoms with E-state index >= 15 is 0 Å². The first-order valence-electron chi connectivity index (χ1n) is 6.50. The Labute approximate surface area is 113 Å². The SMILES string of the molecule is COCCCOc1ccc2c(c1)OC(C)(C)CC2=O. The predicted octanol–water partition coefficient (Wildman–Crippen LogP) is 2.85. The third-order valence-electron chi connectivity index (χ3n) is 2.99. The fourth-order valence-electron chi connectivity index (χ4n) is 2.12. The minimum Gasteiger partial charge on any atom is -0.493 e. The van der Waals surface area contributed by atoms with Gasteiger partial charge < -0.3 is 14.2 Å². The molecule has 1 aliphatic heterocycles. The molecule has 0 N–H and O–H groups in total. The molecule has 19 heavy (non-hydrogen) atoms. The summed E-state index contributed by atoms with van der Waals surface area (Å²) < 4.78 is 16.4. The van der Waals surface area contributed by atoms with Crippen LogP contribution in [0.5, 0.6) is 11.5 Å². The van der Waals surface area contributed by atoms with Gasteiger partial charge in [-0.1, -0.05) is 0 Å². The van der Waals surface area contributed by atoms with Crippen molar-refractivity contribution in [2.24, 2.45) is 0 Å². The molecule has 0 saturated carbocycles. The molecule has 0 spiro atoms. The van der Waals surface area contributed by atoms with Crippen molar-refractivity contribution in [3.63, 3.8) is 0 Å². The summed E-state index contributed by atoms with van der Waals surface area (Å²) in [5.41, 5.74) is 0.197. The first kappa shape index (κ1) is 13.9. The molecule has 4 heteroatoms. The van der Waals surface area contributed by atoms with Crippen molar-refractivity contribution in [3.8, 4) is 11.5 Å². The van der Waals surface area contributed by atoms with E-state index in [4.69, 9.17) is 14.2 Å². The molecule has 104 valence electrons. The van der Waals surface area contributed by atoms with Gasteiger partial charge in [0.25, 0.3) is 0 Å². The minimum absolute atomic E-state index is 0.122. The van der Waals surface area contributed by atoms with E-state index in [1.165, 1.54) is 0 Å². The molecular weight excluding hydrogens is 244 g/mol. The quantitative estimate of drug-likeness (QED) is 0.767. The van der Waals surface area contributed by atoms with Gasteiger partial charge in [-0.3, -0.25) is 4.79 Å². The van der Waals surface area contributed by atoms with Gasteiger partial charge in [-0.25, -0.2) is 0 Å². The van der Waals surface area contributed by atoms with E-state index in [0.717, 1.165) is 12.2 Å². The molecule has 0 amide bonds. The van der Waals surface area contributed by atoms with E-state index in [2.05, 4.69) is 0 Å². The van der Waals surface area contributed by atoms with Crippen molar-refractivity contribution in [2.75, 3.05) is 20.3 Å². The minimum atomic E-state index is -0.446. The second kappa shape index (κ2) is 5.61. The van der Waals surface area contributed by atoms with E-state index in [0.29, 0.717) is 30.9 Å². The predicted molar refractivity (Wildman–Crippen MR) is 72.1 cm³/mol. The fourth-order valence-corrected chi connectivity index (χ4v) is 2.12. The Morgan fingerprint density at radius 1 is 1.32 bits per heavy atom. The molecule has 0 radical (unpaired) electrons. The smallest absolute Gasteiger partial charge is 0.170 e. The van der Waals surface area contributed by atoms with Crippen molar-refractivity contribution < 1.29 is 19.0 Å². The number of ether oxygens (including phenoxy) is 3. The zero-order valence-corrected chi connectivity index (χ0v) is 11.7. The maximum Gasteiger partial charge on any atom is 0.170 e. The molecule has 1 aliphatic rings. The number of Topliss-reactive ketones (excluding diaryl/α,β-unsaturated/α-hetero) is 1. The summed E-state index contributed by atoms with van der Waals surface area (Å²) in [6, 6.07) is 5.38. The Kier molecular flexibility index (Phi) is 4.10. The number of hydrogen-bond donors (Lipinski definition) is 0.